The lowest BCUT2D eigenvalue weighted by Gasteiger charge is -2.21. The SMILES string of the molecule is COc1ccc(N2Cc3cccc(O)c3C2)cc1OC1CCCC1. The van der Waals surface area contributed by atoms with E-state index >= 15 is 0 Å². The Morgan fingerprint density at radius 2 is 1.88 bits per heavy atom. The predicted octanol–water partition coefficient (Wildman–Crippen LogP) is 4.24. The quantitative estimate of drug-likeness (QED) is 0.913. The second kappa shape index (κ2) is 6.27. The van der Waals surface area contributed by atoms with Gasteiger partial charge in [-0.25, -0.2) is 0 Å². The first-order chi connectivity index (χ1) is 11.7. The molecule has 0 unspecified atom stereocenters. The van der Waals surface area contributed by atoms with Crippen LogP contribution in [0, 0.1) is 0 Å². The van der Waals surface area contributed by atoms with E-state index in [1.807, 2.05) is 12.1 Å². The second-order valence-corrected chi connectivity index (χ2v) is 6.63. The van der Waals surface area contributed by atoms with Crippen LogP contribution in [0.4, 0.5) is 5.69 Å². The lowest BCUT2D eigenvalue weighted by molar-refractivity contribution is 0.201. The van der Waals surface area contributed by atoms with E-state index < -0.39 is 0 Å². The van der Waals surface area contributed by atoms with Crippen LogP contribution in [0.1, 0.15) is 36.8 Å². The summed E-state index contributed by atoms with van der Waals surface area (Å²) < 4.78 is 11.7. The smallest absolute Gasteiger partial charge is 0.163 e. The molecule has 0 radical (unpaired) electrons. The van der Waals surface area contributed by atoms with Gasteiger partial charge in [-0.1, -0.05) is 12.1 Å². The molecule has 0 saturated heterocycles. The number of hydrogen-bond donors (Lipinski definition) is 1. The molecule has 2 aliphatic rings. The maximum absolute atomic E-state index is 10.1. The maximum Gasteiger partial charge on any atom is 0.163 e. The molecule has 1 heterocycles. The molecular weight excluding hydrogens is 302 g/mol. The zero-order valence-corrected chi connectivity index (χ0v) is 14.0. The lowest BCUT2D eigenvalue weighted by Crippen LogP contribution is -2.16. The van der Waals surface area contributed by atoms with Crippen molar-refractivity contribution in [3.63, 3.8) is 0 Å². The third kappa shape index (κ3) is 2.77. The minimum absolute atomic E-state index is 0.300. The van der Waals surface area contributed by atoms with Gasteiger partial charge in [0.25, 0.3) is 0 Å². The molecule has 1 aliphatic carbocycles. The third-order valence-corrected chi connectivity index (χ3v) is 5.07. The summed E-state index contributed by atoms with van der Waals surface area (Å²) in [7, 11) is 1.68. The Balaban J connectivity index is 1.59. The Morgan fingerprint density at radius 1 is 1.04 bits per heavy atom. The monoisotopic (exact) mass is 325 g/mol. The number of benzene rings is 2. The molecule has 126 valence electrons. The average molecular weight is 325 g/mol. The number of phenols is 1. The van der Waals surface area contributed by atoms with Crippen molar-refractivity contribution in [2.75, 3.05) is 12.0 Å². The van der Waals surface area contributed by atoms with Crippen LogP contribution >= 0.6 is 0 Å². The Morgan fingerprint density at radius 3 is 2.62 bits per heavy atom. The highest BCUT2D eigenvalue weighted by atomic mass is 16.5. The Bertz CT molecular complexity index is 738. The summed E-state index contributed by atoms with van der Waals surface area (Å²) in [6.45, 7) is 1.52. The standard InChI is InChI=1S/C20H23NO3/c1-23-19-10-9-15(11-20(19)24-16-6-2-3-7-16)21-12-14-5-4-8-18(22)17(14)13-21/h4-5,8-11,16,22H,2-3,6-7,12-13H2,1H3. The van der Waals surface area contributed by atoms with Crippen molar-refractivity contribution >= 4 is 5.69 Å². The molecule has 1 N–H and O–H groups in total. The van der Waals surface area contributed by atoms with Crippen LogP contribution in [0.3, 0.4) is 0 Å². The summed E-state index contributed by atoms with van der Waals surface area (Å²) in [5.41, 5.74) is 3.30. The number of rotatable bonds is 4. The van der Waals surface area contributed by atoms with Crippen LogP contribution in [0.2, 0.25) is 0 Å². The molecule has 1 saturated carbocycles. The molecule has 4 heteroatoms. The van der Waals surface area contributed by atoms with E-state index in [1.165, 1.54) is 18.4 Å². The Kier molecular flexibility index (Phi) is 3.97. The molecule has 0 spiro atoms. The molecule has 4 nitrogen and oxygen atoms in total. The largest absolute Gasteiger partial charge is 0.508 e. The lowest BCUT2D eigenvalue weighted by atomic mass is 10.1. The molecule has 0 amide bonds. The van der Waals surface area contributed by atoms with Crippen molar-refractivity contribution in [2.45, 2.75) is 44.9 Å². The number of phenolic OH excluding ortho intramolecular Hbond substituents is 1. The molecule has 0 aromatic heterocycles. The molecule has 0 atom stereocenters. The summed E-state index contributed by atoms with van der Waals surface area (Å²) in [5.74, 6) is 1.98. The highest BCUT2D eigenvalue weighted by molar-refractivity contribution is 5.60. The highest BCUT2D eigenvalue weighted by Gasteiger charge is 2.24. The fourth-order valence-corrected chi connectivity index (χ4v) is 3.73. The van der Waals surface area contributed by atoms with Crippen LogP contribution in [-0.4, -0.2) is 18.3 Å². The predicted molar refractivity (Wildman–Crippen MR) is 93.9 cm³/mol. The topological polar surface area (TPSA) is 41.9 Å². The van der Waals surface area contributed by atoms with Gasteiger partial charge in [0.05, 0.1) is 13.2 Å². The molecule has 2 aromatic carbocycles. The van der Waals surface area contributed by atoms with Crippen LogP contribution in [0.15, 0.2) is 36.4 Å². The van der Waals surface area contributed by atoms with Gasteiger partial charge in [-0.3, -0.25) is 0 Å². The van der Waals surface area contributed by atoms with Crippen LogP contribution in [0.5, 0.6) is 17.2 Å². The van der Waals surface area contributed by atoms with E-state index in [4.69, 9.17) is 9.47 Å². The van der Waals surface area contributed by atoms with Gasteiger partial charge in [-0.2, -0.15) is 0 Å². The number of nitrogens with zero attached hydrogens (tertiary/aromatic N) is 1. The van der Waals surface area contributed by atoms with Crippen LogP contribution < -0.4 is 14.4 Å². The normalized spacial score (nSPS) is 17.1. The first kappa shape index (κ1) is 15.2. The van der Waals surface area contributed by atoms with E-state index in [0.717, 1.165) is 48.7 Å². The zero-order valence-electron chi connectivity index (χ0n) is 14.0. The minimum atomic E-state index is 0.300. The number of ether oxygens (including phenoxy) is 2. The van der Waals surface area contributed by atoms with E-state index in [-0.39, 0.29) is 0 Å². The van der Waals surface area contributed by atoms with Gasteiger partial charge >= 0.3 is 0 Å². The van der Waals surface area contributed by atoms with Gasteiger partial charge in [0, 0.05) is 30.4 Å². The van der Waals surface area contributed by atoms with E-state index in [9.17, 15) is 5.11 Å². The van der Waals surface area contributed by atoms with E-state index in [1.54, 1.807) is 13.2 Å². The van der Waals surface area contributed by atoms with Crippen LogP contribution in [-0.2, 0) is 13.1 Å². The van der Waals surface area contributed by atoms with Crippen molar-refractivity contribution in [3.05, 3.63) is 47.5 Å². The molecule has 1 fully saturated rings. The summed E-state index contributed by atoms with van der Waals surface area (Å²) in [6.07, 6.45) is 5.03. The number of aromatic hydroxyl groups is 1. The van der Waals surface area contributed by atoms with Crippen molar-refractivity contribution in [1.82, 2.24) is 0 Å². The van der Waals surface area contributed by atoms with E-state index in [0.29, 0.717) is 11.9 Å². The van der Waals surface area contributed by atoms with Crippen molar-refractivity contribution in [2.24, 2.45) is 0 Å². The maximum atomic E-state index is 10.1. The molecule has 1 aliphatic heterocycles. The molecule has 24 heavy (non-hydrogen) atoms. The third-order valence-electron chi connectivity index (χ3n) is 5.07. The number of hydrogen-bond acceptors (Lipinski definition) is 4. The highest BCUT2D eigenvalue weighted by Crippen LogP contribution is 2.38. The minimum Gasteiger partial charge on any atom is -0.508 e. The number of methoxy groups -OCH3 is 1. The zero-order chi connectivity index (χ0) is 16.5. The number of fused-ring (bicyclic) bond motifs is 1. The average Bonchev–Trinajstić information content (AvgIpc) is 3.25. The van der Waals surface area contributed by atoms with Crippen molar-refractivity contribution < 1.29 is 14.6 Å². The fraction of sp³-hybridized carbons (Fsp3) is 0.400. The summed E-state index contributed by atoms with van der Waals surface area (Å²) in [6, 6.07) is 11.8. The van der Waals surface area contributed by atoms with E-state index in [2.05, 4.69) is 23.1 Å². The summed E-state index contributed by atoms with van der Waals surface area (Å²) in [4.78, 5) is 2.26. The van der Waals surface area contributed by atoms with Crippen LogP contribution in [0.25, 0.3) is 0 Å². The molecular formula is C20H23NO3. The Hall–Kier alpha value is -2.36. The van der Waals surface area contributed by atoms with Gasteiger partial charge in [0.1, 0.15) is 5.75 Å². The summed E-state index contributed by atoms with van der Waals surface area (Å²) >= 11 is 0. The van der Waals surface area contributed by atoms with Crippen molar-refractivity contribution in [1.29, 1.82) is 0 Å². The molecule has 0 bridgehead atoms. The van der Waals surface area contributed by atoms with Gasteiger partial charge in [-0.15, -0.1) is 0 Å². The summed E-state index contributed by atoms with van der Waals surface area (Å²) in [5, 5.41) is 10.1. The fourth-order valence-electron chi connectivity index (χ4n) is 3.73. The first-order valence-electron chi connectivity index (χ1n) is 8.64. The second-order valence-electron chi connectivity index (χ2n) is 6.63. The number of anilines is 1. The Labute approximate surface area is 142 Å². The molecule has 4 rings (SSSR count). The van der Waals surface area contributed by atoms with Gasteiger partial charge in [-0.05, 0) is 49.4 Å². The molecule has 2 aromatic rings. The van der Waals surface area contributed by atoms with Gasteiger partial charge in [0.2, 0.25) is 0 Å². The van der Waals surface area contributed by atoms with Gasteiger partial charge < -0.3 is 19.5 Å². The first-order valence-corrected chi connectivity index (χ1v) is 8.64. The van der Waals surface area contributed by atoms with Gasteiger partial charge in [0.15, 0.2) is 11.5 Å². The van der Waals surface area contributed by atoms with Crippen molar-refractivity contribution in [3.8, 4) is 17.2 Å².